The first kappa shape index (κ1) is 46.6. The molecule has 3 saturated heterocycles. The fraction of sp³-hybridized carbons (Fsp3) is 0.545. The number of aromatic nitrogens is 2. The summed E-state index contributed by atoms with van der Waals surface area (Å²) < 4.78 is 26.6. The Kier molecular flexibility index (Phi) is 14.9. The Labute approximate surface area is 366 Å². The first-order chi connectivity index (χ1) is 29.9. The van der Waals surface area contributed by atoms with Crippen molar-refractivity contribution in [2.45, 2.75) is 126 Å². The highest BCUT2D eigenvalue weighted by Crippen LogP contribution is 2.31. The second-order valence-corrected chi connectivity index (χ2v) is 19.2. The van der Waals surface area contributed by atoms with Gasteiger partial charge in [-0.2, -0.15) is 0 Å². The van der Waals surface area contributed by atoms with Gasteiger partial charge in [0.15, 0.2) is 9.84 Å². The number of nitrogens with one attached hydrogen (secondary N) is 3. The van der Waals surface area contributed by atoms with Gasteiger partial charge in [-0.05, 0) is 86.8 Å². The molecule has 7 amide bonds. The van der Waals surface area contributed by atoms with Crippen molar-refractivity contribution in [3.8, 4) is 0 Å². The molecular formula is C44H58N8O10S. The molecule has 3 aliphatic heterocycles. The summed E-state index contributed by atoms with van der Waals surface area (Å²) in [6.45, 7) is 2.46. The molecule has 5 atom stereocenters. The minimum Gasteiger partial charge on any atom is -0.370 e. The third-order valence-electron chi connectivity index (χ3n) is 12.5. The fourth-order valence-electron chi connectivity index (χ4n) is 8.94. The van der Waals surface area contributed by atoms with Crippen LogP contribution in [0.25, 0.3) is 11.0 Å². The monoisotopic (exact) mass is 890 g/mol. The first-order valence-electron chi connectivity index (χ1n) is 21.7. The van der Waals surface area contributed by atoms with Crippen LogP contribution in [0.5, 0.6) is 0 Å². The Balaban J connectivity index is 0.962. The number of imidazole rings is 1. The summed E-state index contributed by atoms with van der Waals surface area (Å²) >= 11 is 0. The number of rotatable bonds is 17. The summed E-state index contributed by atoms with van der Waals surface area (Å²) in [4.78, 5) is 107. The average Bonchev–Trinajstić information content (AvgIpc) is 3.77. The summed E-state index contributed by atoms with van der Waals surface area (Å²) in [5.74, 6) is -3.34. The summed E-state index contributed by atoms with van der Waals surface area (Å²) in [7, 11) is -1.72. The lowest BCUT2D eigenvalue weighted by Gasteiger charge is -2.38. The van der Waals surface area contributed by atoms with Crippen LogP contribution in [-0.4, -0.2) is 106 Å². The predicted molar refractivity (Wildman–Crippen MR) is 231 cm³/mol. The van der Waals surface area contributed by atoms with E-state index < -0.39 is 57.5 Å². The number of aryl methyl sites for hydroxylation is 2. The smallest absolute Gasteiger partial charge is 0.329 e. The number of benzene rings is 2. The Bertz CT molecular complexity index is 2430. The maximum Gasteiger partial charge on any atom is 0.329 e. The lowest BCUT2D eigenvalue weighted by Crippen LogP contribution is -2.57. The molecule has 0 saturated carbocycles. The number of fused-ring (bicyclic) bond motifs is 2. The SMILES string of the molecule is C[C@H]1CN(C(=O)CCCCCCc2ccc3c(c2)n(C)c(=O)n3C2CCC(=O)NC2=O)CC[C@H]2CC[C@@H](C(=O)N[C@@H](CCC(N)=O)C(=O)NCc3ccc(S(C)(=O)=O)cc3)N2C1=O. The first-order valence-corrected chi connectivity index (χ1v) is 23.6. The van der Waals surface area contributed by atoms with Crippen LogP contribution in [0.4, 0.5) is 0 Å². The van der Waals surface area contributed by atoms with Gasteiger partial charge in [0, 0.05) is 58.2 Å². The third kappa shape index (κ3) is 11.2. The number of primary amides is 1. The number of imide groups is 1. The molecule has 63 heavy (non-hydrogen) atoms. The molecule has 0 bridgehead atoms. The van der Waals surface area contributed by atoms with Crippen molar-refractivity contribution >= 4 is 62.2 Å². The van der Waals surface area contributed by atoms with Crippen LogP contribution in [0.1, 0.15) is 101 Å². The molecular weight excluding hydrogens is 833 g/mol. The molecule has 1 unspecified atom stereocenters. The molecule has 19 heteroatoms. The highest BCUT2D eigenvalue weighted by atomic mass is 32.2. The van der Waals surface area contributed by atoms with Gasteiger partial charge in [-0.1, -0.05) is 38.0 Å². The Morgan fingerprint density at radius 1 is 0.889 bits per heavy atom. The summed E-state index contributed by atoms with van der Waals surface area (Å²) in [6.07, 6.45) is 7.19. The van der Waals surface area contributed by atoms with Crippen molar-refractivity contribution in [1.29, 1.82) is 0 Å². The quantitative estimate of drug-likeness (QED) is 0.112. The fourth-order valence-corrected chi connectivity index (χ4v) is 9.58. The van der Waals surface area contributed by atoms with E-state index in [2.05, 4.69) is 16.0 Å². The minimum atomic E-state index is -3.39. The number of nitrogens with zero attached hydrogens (tertiary/aromatic N) is 4. The highest BCUT2D eigenvalue weighted by molar-refractivity contribution is 7.90. The van der Waals surface area contributed by atoms with Gasteiger partial charge < -0.3 is 26.2 Å². The van der Waals surface area contributed by atoms with Gasteiger partial charge in [0.1, 0.15) is 18.1 Å². The van der Waals surface area contributed by atoms with Gasteiger partial charge >= 0.3 is 5.69 Å². The molecule has 4 heterocycles. The molecule has 5 N–H and O–H groups in total. The topological polar surface area (TPSA) is 249 Å². The van der Waals surface area contributed by atoms with Crippen LogP contribution >= 0.6 is 0 Å². The average molecular weight is 891 g/mol. The van der Waals surface area contributed by atoms with E-state index >= 15 is 0 Å². The number of nitrogens with two attached hydrogens (primary N) is 1. The maximum absolute atomic E-state index is 13.9. The zero-order valence-corrected chi connectivity index (χ0v) is 36.9. The lowest BCUT2D eigenvalue weighted by molar-refractivity contribution is -0.147. The second kappa shape index (κ2) is 20.1. The number of carbonyl (C=O) groups excluding carboxylic acids is 7. The molecule has 1 aromatic heterocycles. The largest absolute Gasteiger partial charge is 0.370 e. The molecule has 3 aromatic rings. The van der Waals surface area contributed by atoms with Gasteiger partial charge in [-0.15, -0.1) is 0 Å². The van der Waals surface area contributed by atoms with E-state index in [-0.39, 0.29) is 73.1 Å². The van der Waals surface area contributed by atoms with E-state index in [9.17, 15) is 46.8 Å². The minimum absolute atomic E-state index is 0.0167. The van der Waals surface area contributed by atoms with Gasteiger partial charge in [0.05, 0.1) is 21.8 Å². The van der Waals surface area contributed by atoms with Crippen LogP contribution < -0.4 is 27.4 Å². The molecule has 0 spiro atoms. The van der Waals surface area contributed by atoms with Gasteiger partial charge in [-0.25, -0.2) is 13.2 Å². The molecule has 2 aromatic carbocycles. The Morgan fingerprint density at radius 2 is 1.60 bits per heavy atom. The van der Waals surface area contributed by atoms with E-state index in [4.69, 9.17) is 5.73 Å². The number of hydrogen-bond donors (Lipinski definition) is 4. The van der Waals surface area contributed by atoms with E-state index in [1.54, 1.807) is 35.9 Å². The van der Waals surface area contributed by atoms with Crippen molar-refractivity contribution in [3.63, 3.8) is 0 Å². The van der Waals surface area contributed by atoms with Gasteiger partial charge in [-0.3, -0.25) is 48.0 Å². The summed E-state index contributed by atoms with van der Waals surface area (Å²) in [5.41, 5.74) is 8.10. The second-order valence-electron chi connectivity index (χ2n) is 17.1. The predicted octanol–water partition coefficient (Wildman–Crippen LogP) is 1.51. The molecule has 18 nitrogen and oxygen atoms in total. The lowest BCUT2D eigenvalue weighted by atomic mass is 10.0. The molecule has 3 fully saturated rings. The van der Waals surface area contributed by atoms with Gasteiger partial charge in [0.2, 0.25) is 41.4 Å². The van der Waals surface area contributed by atoms with Crippen LogP contribution in [0, 0.1) is 5.92 Å². The Hall–Kier alpha value is -5.85. The van der Waals surface area contributed by atoms with E-state index in [0.717, 1.165) is 43.0 Å². The molecule has 0 radical (unpaired) electrons. The van der Waals surface area contributed by atoms with Gasteiger partial charge in [0.25, 0.3) is 0 Å². The van der Waals surface area contributed by atoms with Crippen LogP contribution in [0.2, 0.25) is 0 Å². The molecule has 0 aliphatic carbocycles. The number of hydrogen-bond acceptors (Lipinski definition) is 10. The maximum atomic E-state index is 13.9. The highest BCUT2D eigenvalue weighted by Gasteiger charge is 2.44. The van der Waals surface area contributed by atoms with E-state index in [0.29, 0.717) is 49.7 Å². The molecule has 340 valence electrons. The van der Waals surface area contributed by atoms with E-state index in [1.165, 1.54) is 21.3 Å². The Morgan fingerprint density at radius 3 is 2.30 bits per heavy atom. The number of unbranched alkanes of at least 4 members (excludes halogenated alkanes) is 3. The number of sulfone groups is 1. The zero-order chi connectivity index (χ0) is 45.6. The van der Waals surface area contributed by atoms with Crippen LogP contribution in [0.3, 0.4) is 0 Å². The molecule has 6 rings (SSSR count). The third-order valence-corrected chi connectivity index (χ3v) is 13.6. The number of amides is 7. The molecule has 3 aliphatic rings. The number of carbonyl (C=O) groups is 7. The van der Waals surface area contributed by atoms with Crippen molar-refractivity contribution in [1.82, 2.24) is 34.9 Å². The van der Waals surface area contributed by atoms with Crippen molar-refractivity contribution in [2.24, 2.45) is 18.7 Å². The van der Waals surface area contributed by atoms with Crippen molar-refractivity contribution in [2.75, 3.05) is 19.3 Å². The van der Waals surface area contributed by atoms with Crippen molar-refractivity contribution in [3.05, 3.63) is 64.1 Å². The van der Waals surface area contributed by atoms with E-state index in [1.807, 2.05) is 18.2 Å². The normalized spacial score (nSPS) is 21.0. The summed E-state index contributed by atoms with van der Waals surface area (Å²) in [5, 5.41) is 7.81. The van der Waals surface area contributed by atoms with Crippen molar-refractivity contribution < 1.29 is 42.0 Å². The van der Waals surface area contributed by atoms with Crippen LogP contribution in [-0.2, 0) is 63.4 Å². The zero-order valence-electron chi connectivity index (χ0n) is 36.1. The van der Waals surface area contributed by atoms with Crippen LogP contribution in [0.15, 0.2) is 52.2 Å². The summed E-state index contributed by atoms with van der Waals surface area (Å²) in [6, 6.07) is 8.85. The number of piperidine rings is 1. The standard InChI is InChI=1S/C44H58N8O10S/c1-27-26-50(39(55)9-7-5-4-6-8-28-12-17-33-36(24-28)49(2)44(60)52(33)35-19-21-38(54)48-42(35)58)23-22-30-13-18-34(51(30)43(27)59)41(57)47-32(16-20-37(45)53)40(56)46-25-29-10-14-31(15-11-29)63(3,61)62/h10-12,14-15,17,24,27,30,32,34-35H,4-9,13,16,18-23,25-26H2,1-3H3,(H2,45,53)(H,46,56)(H,47,57)(H,48,54,58)/t27-,30+,32-,34-,35?/m0/s1.